The van der Waals surface area contributed by atoms with E-state index in [0.717, 1.165) is 17.0 Å². The van der Waals surface area contributed by atoms with Crippen molar-refractivity contribution in [3.8, 4) is 0 Å². The van der Waals surface area contributed by atoms with Crippen LogP contribution in [0.3, 0.4) is 0 Å². The first-order valence-electron chi connectivity index (χ1n) is 11.6. The zero-order valence-corrected chi connectivity index (χ0v) is 21.8. The lowest BCUT2D eigenvalue weighted by molar-refractivity contribution is -0.119. The Morgan fingerprint density at radius 1 is 0.975 bits per heavy atom. The number of nitrogens with zero attached hydrogens (tertiary/aromatic N) is 2. The Hall–Kier alpha value is -4.18. The van der Waals surface area contributed by atoms with Gasteiger partial charge in [0.05, 0.1) is 16.3 Å². The van der Waals surface area contributed by atoms with Gasteiger partial charge in [-0.1, -0.05) is 18.2 Å². The van der Waals surface area contributed by atoms with Crippen molar-refractivity contribution in [3.05, 3.63) is 78.5 Å². The average Bonchev–Trinajstić information content (AvgIpc) is 3.49. The molecule has 5 rings (SSSR count). The summed E-state index contributed by atoms with van der Waals surface area (Å²) in [5, 5.41) is 2.62. The average molecular weight is 596 g/mol. The van der Waals surface area contributed by atoms with Crippen molar-refractivity contribution in [2.24, 2.45) is 5.92 Å². The summed E-state index contributed by atoms with van der Waals surface area (Å²) in [7, 11) is -9.58. The number of amides is 3. The van der Waals surface area contributed by atoms with E-state index in [2.05, 4.69) is 19.7 Å². The maximum absolute atomic E-state index is 13.2. The molecule has 2 unspecified atom stereocenters. The largest absolute Gasteiger partial charge is 0.501 e. The molecular weight excluding hydrogens is 575 g/mol. The van der Waals surface area contributed by atoms with Crippen LogP contribution in [0.2, 0.25) is 0 Å². The van der Waals surface area contributed by atoms with Gasteiger partial charge in [0.1, 0.15) is 11.4 Å². The summed E-state index contributed by atoms with van der Waals surface area (Å²) < 4.78 is 91.2. The van der Waals surface area contributed by atoms with Gasteiger partial charge < -0.3 is 5.32 Å². The predicted molar refractivity (Wildman–Crippen MR) is 137 cm³/mol. The van der Waals surface area contributed by atoms with E-state index in [0.29, 0.717) is 23.4 Å². The number of rotatable bonds is 8. The topological polar surface area (TPSA) is 155 Å². The normalized spacial score (nSPS) is 20.9. The highest BCUT2D eigenvalue weighted by Crippen LogP contribution is 2.50. The molecule has 2 aromatic carbocycles. The quantitative estimate of drug-likeness (QED) is 0.338. The number of benzene rings is 2. The molecule has 2 fully saturated rings. The summed E-state index contributed by atoms with van der Waals surface area (Å²) in [4.78, 5) is 29.6. The molecule has 3 N–H and O–H groups in total. The van der Waals surface area contributed by atoms with Crippen LogP contribution < -0.4 is 19.7 Å². The molecule has 210 valence electrons. The van der Waals surface area contributed by atoms with Crippen LogP contribution in [0.25, 0.3) is 0 Å². The van der Waals surface area contributed by atoms with E-state index in [-0.39, 0.29) is 30.3 Å². The summed E-state index contributed by atoms with van der Waals surface area (Å²) in [6.45, 7) is 0. The fourth-order valence-electron chi connectivity index (χ4n) is 4.49. The van der Waals surface area contributed by atoms with E-state index in [1.54, 1.807) is 36.4 Å². The molecule has 2 atom stereocenters. The molecular formula is C24H20F3N5O6S2. The number of urea groups is 1. The number of hydrogen-bond donors (Lipinski definition) is 3. The van der Waals surface area contributed by atoms with E-state index in [9.17, 15) is 39.6 Å². The van der Waals surface area contributed by atoms with Crippen molar-refractivity contribution in [3.63, 3.8) is 0 Å². The number of aromatic nitrogens is 1. The van der Waals surface area contributed by atoms with Crippen molar-refractivity contribution in [1.82, 2.24) is 10.3 Å². The molecule has 11 nitrogen and oxygen atoms in total. The number of sulfone groups is 1. The van der Waals surface area contributed by atoms with Gasteiger partial charge in [-0.05, 0) is 72.9 Å². The molecule has 40 heavy (non-hydrogen) atoms. The van der Waals surface area contributed by atoms with E-state index < -0.39 is 47.9 Å². The number of pyridine rings is 1. The maximum Gasteiger partial charge on any atom is 0.501 e. The minimum absolute atomic E-state index is 0.0351. The lowest BCUT2D eigenvalue weighted by Crippen LogP contribution is -2.35. The number of halogens is 3. The number of para-hydroxylation sites is 1. The minimum atomic E-state index is -5.58. The minimum Gasteiger partial charge on any atom is -0.322 e. The molecule has 2 aliphatic rings. The maximum atomic E-state index is 13.2. The van der Waals surface area contributed by atoms with Crippen molar-refractivity contribution in [2.75, 3.05) is 14.3 Å². The van der Waals surface area contributed by atoms with E-state index in [1.165, 1.54) is 12.3 Å². The van der Waals surface area contributed by atoms with Gasteiger partial charge in [-0.25, -0.2) is 23.1 Å². The van der Waals surface area contributed by atoms with Crippen molar-refractivity contribution < 1.29 is 39.6 Å². The lowest BCUT2D eigenvalue weighted by Gasteiger charge is -2.14. The van der Waals surface area contributed by atoms with Crippen LogP contribution >= 0.6 is 0 Å². The third kappa shape index (κ3) is 5.06. The molecule has 2 heterocycles. The molecule has 3 amide bonds. The van der Waals surface area contributed by atoms with Crippen LogP contribution in [0.15, 0.2) is 77.8 Å². The second-order valence-corrected chi connectivity index (χ2v) is 12.6. The van der Waals surface area contributed by atoms with Crippen molar-refractivity contribution >= 4 is 49.2 Å². The van der Waals surface area contributed by atoms with Gasteiger partial charge in [0.15, 0.2) is 0 Å². The molecule has 1 aliphatic carbocycles. The third-order valence-corrected chi connectivity index (χ3v) is 8.99. The van der Waals surface area contributed by atoms with Gasteiger partial charge in [-0.3, -0.25) is 14.2 Å². The number of imide groups is 1. The molecule has 1 aromatic heterocycles. The fourth-order valence-corrected chi connectivity index (χ4v) is 6.14. The van der Waals surface area contributed by atoms with Crippen molar-refractivity contribution in [2.45, 2.75) is 28.8 Å². The fraction of sp³-hybridized carbons (Fsp3) is 0.208. The number of carbonyl (C=O) groups is 2. The first kappa shape index (κ1) is 27.4. The third-order valence-electron chi connectivity index (χ3n) is 6.50. The monoisotopic (exact) mass is 595 g/mol. The van der Waals surface area contributed by atoms with Crippen LogP contribution in [-0.2, 0) is 31.3 Å². The molecule has 1 saturated carbocycles. The van der Waals surface area contributed by atoms with Crippen LogP contribution in [-0.4, -0.2) is 44.8 Å². The zero-order chi connectivity index (χ0) is 28.9. The lowest BCUT2D eigenvalue weighted by atomic mass is 10.1. The number of hydrogen-bond acceptors (Lipinski definition) is 7. The molecule has 1 spiro atoms. The smallest absolute Gasteiger partial charge is 0.322 e. The highest BCUT2D eigenvalue weighted by molar-refractivity contribution is 7.94. The summed E-state index contributed by atoms with van der Waals surface area (Å²) in [6, 6.07) is 13.8. The van der Waals surface area contributed by atoms with Gasteiger partial charge in [-0.2, -0.15) is 21.6 Å². The Morgan fingerprint density at radius 2 is 1.65 bits per heavy atom. The summed E-state index contributed by atoms with van der Waals surface area (Å²) in [5.41, 5.74) is -5.84. The van der Waals surface area contributed by atoms with Gasteiger partial charge >= 0.3 is 21.7 Å². The molecule has 1 aliphatic heterocycles. The van der Waals surface area contributed by atoms with Gasteiger partial charge in [0, 0.05) is 6.20 Å². The van der Waals surface area contributed by atoms with Crippen molar-refractivity contribution in [1.29, 1.82) is 0 Å². The second-order valence-electron chi connectivity index (χ2n) is 9.21. The standard InChI is InChI=1S/C24H20F3N5O6S2/c25-24(26,27)39(35,36)19-8-6-18(7-9-19)32-21(33)23(29-22(32)34)14-16(23)12-15-10-11-28-20(13-15)31-40(37,38)30-17-4-2-1-3-5-17/h1-11,13,16,30H,12,14H2,(H,28,31)(H,29,34). The molecule has 3 aromatic rings. The van der Waals surface area contributed by atoms with Crippen LogP contribution in [0.5, 0.6) is 0 Å². The Bertz CT molecular complexity index is 1700. The van der Waals surface area contributed by atoms with E-state index in [4.69, 9.17) is 0 Å². The number of nitrogens with one attached hydrogen (secondary N) is 3. The zero-order valence-electron chi connectivity index (χ0n) is 20.2. The van der Waals surface area contributed by atoms with Gasteiger partial charge in [0.2, 0.25) is 0 Å². The summed E-state index contributed by atoms with van der Waals surface area (Å²) in [5.74, 6) is -0.947. The SMILES string of the molecule is O=C1NC2(CC2Cc2ccnc(NS(=O)(=O)Nc3ccccc3)c2)C(=O)N1c1ccc(S(=O)(=O)C(F)(F)F)cc1. The number of carbonyl (C=O) groups excluding carboxylic acids is 2. The highest BCUT2D eigenvalue weighted by atomic mass is 32.2. The number of alkyl halides is 3. The van der Waals surface area contributed by atoms with Gasteiger partial charge in [-0.15, -0.1) is 0 Å². The Labute approximate surface area is 226 Å². The predicted octanol–water partition coefficient (Wildman–Crippen LogP) is 3.20. The Morgan fingerprint density at radius 3 is 2.30 bits per heavy atom. The second kappa shape index (κ2) is 9.48. The first-order chi connectivity index (χ1) is 18.7. The highest BCUT2D eigenvalue weighted by Gasteiger charge is 2.67. The molecule has 0 bridgehead atoms. The first-order valence-corrected chi connectivity index (χ1v) is 14.6. The molecule has 16 heteroatoms. The van der Waals surface area contributed by atoms with E-state index >= 15 is 0 Å². The van der Waals surface area contributed by atoms with Gasteiger partial charge in [0.25, 0.3) is 15.7 Å². The molecule has 0 radical (unpaired) electrons. The number of anilines is 3. The van der Waals surface area contributed by atoms with Crippen LogP contribution in [0, 0.1) is 5.92 Å². The molecule has 1 saturated heterocycles. The Kier molecular flexibility index (Phi) is 6.49. The van der Waals surface area contributed by atoms with E-state index in [1.807, 2.05) is 0 Å². The summed E-state index contributed by atoms with van der Waals surface area (Å²) >= 11 is 0. The summed E-state index contributed by atoms with van der Waals surface area (Å²) in [6.07, 6.45) is 1.95. The van der Waals surface area contributed by atoms with Crippen LogP contribution in [0.4, 0.5) is 35.2 Å². The van der Waals surface area contributed by atoms with Crippen LogP contribution in [0.1, 0.15) is 12.0 Å². The Balaban J connectivity index is 1.27.